The molecule has 140 valence electrons. The molecule has 0 aliphatic heterocycles. The molecule has 2 amide bonds. The Kier molecular flexibility index (Phi) is 4.29. The molecule has 1 heterocycles. The first-order chi connectivity index (χ1) is 13.5. The van der Waals surface area contributed by atoms with E-state index >= 15 is 0 Å². The van der Waals surface area contributed by atoms with E-state index in [1.165, 1.54) is 31.4 Å². The van der Waals surface area contributed by atoms with E-state index in [0.29, 0.717) is 22.7 Å². The van der Waals surface area contributed by atoms with Crippen LogP contribution < -0.4 is 15.4 Å². The molecule has 0 bridgehead atoms. The number of furan rings is 1. The number of fused-ring (bicyclic) bond motifs is 3. The van der Waals surface area contributed by atoms with Crippen LogP contribution in [0, 0.1) is 10.1 Å². The fourth-order valence-electron chi connectivity index (χ4n) is 2.97. The van der Waals surface area contributed by atoms with E-state index < -0.39 is 11.0 Å². The first-order valence-electron chi connectivity index (χ1n) is 8.37. The lowest BCUT2D eigenvalue weighted by Crippen LogP contribution is -2.19. The highest BCUT2D eigenvalue weighted by molar-refractivity contribution is 6.08. The van der Waals surface area contributed by atoms with Crippen molar-refractivity contribution in [3.05, 3.63) is 70.8 Å². The Balaban J connectivity index is 1.60. The molecule has 8 heteroatoms. The van der Waals surface area contributed by atoms with Crippen LogP contribution in [0.25, 0.3) is 21.9 Å². The number of ether oxygens (including phenoxy) is 1. The van der Waals surface area contributed by atoms with Gasteiger partial charge in [0.2, 0.25) is 0 Å². The number of urea groups is 1. The summed E-state index contributed by atoms with van der Waals surface area (Å²) in [5.41, 5.74) is 2.17. The monoisotopic (exact) mass is 377 g/mol. The Morgan fingerprint density at radius 2 is 1.75 bits per heavy atom. The van der Waals surface area contributed by atoms with Crippen molar-refractivity contribution in [1.29, 1.82) is 0 Å². The lowest BCUT2D eigenvalue weighted by Gasteiger charge is -2.11. The van der Waals surface area contributed by atoms with Gasteiger partial charge in [0.05, 0.1) is 17.7 Å². The fourth-order valence-corrected chi connectivity index (χ4v) is 2.97. The smallest absolute Gasteiger partial charge is 0.323 e. The molecule has 0 radical (unpaired) electrons. The van der Waals surface area contributed by atoms with Crippen molar-refractivity contribution < 1.29 is 18.9 Å². The summed E-state index contributed by atoms with van der Waals surface area (Å²) < 4.78 is 11.2. The van der Waals surface area contributed by atoms with Crippen LogP contribution in [0.3, 0.4) is 0 Å². The average molecular weight is 377 g/mol. The molecule has 4 aromatic rings. The minimum atomic E-state index is -0.511. The molecule has 28 heavy (non-hydrogen) atoms. The van der Waals surface area contributed by atoms with Gasteiger partial charge in [0.1, 0.15) is 16.9 Å². The van der Waals surface area contributed by atoms with Gasteiger partial charge < -0.3 is 19.8 Å². The second-order valence-corrected chi connectivity index (χ2v) is 6.03. The van der Waals surface area contributed by atoms with Gasteiger partial charge in [0.15, 0.2) is 0 Å². The molecule has 0 unspecified atom stereocenters. The lowest BCUT2D eigenvalue weighted by molar-refractivity contribution is -0.384. The number of methoxy groups -OCH3 is 1. The van der Waals surface area contributed by atoms with Gasteiger partial charge in [-0.2, -0.15) is 0 Å². The number of non-ortho nitro benzene ring substituents is 1. The maximum Gasteiger partial charge on any atom is 0.323 e. The van der Waals surface area contributed by atoms with Gasteiger partial charge in [-0.05, 0) is 24.3 Å². The van der Waals surface area contributed by atoms with Crippen molar-refractivity contribution in [2.75, 3.05) is 17.7 Å². The number of nitro groups is 1. The minimum absolute atomic E-state index is 0.0528. The SMILES string of the molecule is COc1cc2c(cc1NC(=O)Nc1ccc([N+](=O)[O-])cc1)oc1ccccc12. The summed E-state index contributed by atoms with van der Waals surface area (Å²) in [4.78, 5) is 22.5. The molecule has 3 aromatic carbocycles. The van der Waals surface area contributed by atoms with Crippen molar-refractivity contribution in [3.63, 3.8) is 0 Å². The maximum absolute atomic E-state index is 12.3. The highest BCUT2D eigenvalue weighted by Crippen LogP contribution is 2.36. The Bertz CT molecular complexity index is 1200. The Morgan fingerprint density at radius 3 is 2.46 bits per heavy atom. The summed E-state index contributed by atoms with van der Waals surface area (Å²) in [5.74, 6) is 0.484. The van der Waals surface area contributed by atoms with E-state index in [4.69, 9.17) is 9.15 Å². The highest BCUT2D eigenvalue weighted by atomic mass is 16.6. The third-order valence-corrected chi connectivity index (χ3v) is 4.28. The van der Waals surface area contributed by atoms with Crippen LogP contribution in [0.4, 0.5) is 21.9 Å². The molecular weight excluding hydrogens is 362 g/mol. The van der Waals surface area contributed by atoms with E-state index in [2.05, 4.69) is 10.6 Å². The number of nitrogens with one attached hydrogen (secondary N) is 2. The number of rotatable bonds is 4. The van der Waals surface area contributed by atoms with Crippen LogP contribution in [0.5, 0.6) is 5.75 Å². The van der Waals surface area contributed by atoms with Gasteiger partial charge in [-0.1, -0.05) is 18.2 Å². The third-order valence-electron chi connectivity index (χ3n) is 4.28. The quantitative estimate of drug-likeness (QED) is 0.378. The van der Waals surface area contributed by atoms with E-state index in [0.717, 1.165) is 16.4 Å². The van der Waals surface area contributed by atoms with Gasteiger partial charge in [-0.25, -0.2) is 4.79 Å². The van der Waals surface area contributed by atoms with Gasteiger partial charge in [0.25, 0.3) is 5.69 Å². The zero-order valence-electron chi connectivity index (χ0n) is 14.8. The Labute approximate surface area is 158 Å². The molecule has 0 aliphatic rings. The van der Waals surface area contributed by atoms with Crippen molar-refractivity contribution in [1.82, 2.24) is 0 Å². The Morgan fingerprint density at radius 1 is 1.00 bits per heavy atom. The van der Waals surface area contributed by atoms with Gasteiger partial charge in [-0.3, -0.25) is 10.1 Å². The van der Waals surface area contributed by atoms with Crippen LogP contribution in [0.2, 0.25) is 0 Å². The summed E-state index contributed by atoms with van der Waals surface area (Å²) >= 11 is 0. The molecule has 0 saturated heterocycles. The van der Waals surface area contributed by atoms with E-state index in [9.17, 15) is 14.9 Å². The van der Waals surface area contributed by atoms with Crippen molar-refractivity contribution in [3.8, 4) is 5.75 Å². The van der Waals surface area contributed by atoms with Crippen LogP contribution >= 0.6 is 0 Å². The van der Waals surface area contributed by atoms with Crippen LogP contribution in [0.1, 0.15) is 0 Å². The molecule has 4 rings (SSSR count). The zero-order chi connectivity index (χ0) is 19.7. The number of carbonyl (C=O) groups excluding carboxylic acids is 1. The van der Waals surface area contributed by atoms with E-state index in [1.807, 2.05) is 30.3 Å². The molecule has 0 atom stereocenters. The fraction of sp³-hybridized carbons (Fsp3) is 0.0500. The standard InChI is InChI=1S/C20H15N3O5/c1-27-19-10-15-14-4-2-3-5-17(14)28-18(15)11-16(19)22-20(24)21-12-6-8-13(9-7-12)23(25)26/h2-11H,1H3,(H2,21,22,24). The van der Waals surface area contributed by atoms with Crippen molar-refractivity contribution in [2.45, 2.75) is 0 Å². The number of hydrogen-bond donors (Lipinski definition) is 2. The molecule has 0 spiro atoms. The summed E-state index contributed by atoms with van der Waals surface area (Å²) in [5, 5.41) is 17.9. The first kappa shape index (κ1) is 17.3. The molecule has 1 aromatic heterocycles. The highest BCUT2D eigenvalue weighted by Gasteiger charge is 2.14. The maximum atomic E-state index is 12.3. The van der Waals surface area contributed by atoms with Crippen molar-refractivity contribution in [2.24, 2.45) is 0 Å². The number of nitro benzene ring substituents is 1. The predicted octanol–water partition coefficient (Wildman–Crippen LogP) is 5.15. The number of para-hydroxylation sites is 1. The first-order valence-corrected chi connectivity index (χ1v) is 8.37. The molecule has 2 N–H and O–H groups in total. The molecule has 0 aliphatic carbocycles. The largest absolute Gasteiger partial charge is 0.495 e. The van der Waals surface area contributed by atoms with Crippen LogP contribution in [0.15, 0.2) is 65.1 Å². The molecular formula is C20H15N3O5. The molecule has 0 fully saturated rings. The van der Waals surface area contributed by atoms with Crippen LogP contribution in [-0.2, 0) is 0 Å². The Hall–Kier alpha value is -4.07. The number of hydrogen-bond acceptors (Lipinski definition) is 5. The topological polar surface area (TPSA) is 107 Å². The summed E-state index contributed by atoms with van der Waals surface area (Å²) in [6.45, 7) is 0. The molecule has 8 nitrogen and oxygen atoms in total. The van der Waals surface area contributed by atoms with Gasteiger partial charge in [-0.15, -0.1) is 0 Å². The van der Waals surface area contributed by atoms with E-state index in [-0.39, 0.29) is 5.69 Å². The summed E-state index contributed by atoms with van der Waals surface area (Å²) in [6, 6.07) is 16.2. The third kappa shape index (κ3) is 3.18. The van der Waals surface area contributed by atoms with E-state index in [1.54, 1.807) is 6.07 Å². The number of amides is 2. The van der Waals surface area contributed by atoms with Crippen molar-refractivity contribution >= 4 is 45.0 Å². The summed E-state index contributed by atoms with van der Waals surface area (Å²) in [7, 11) is 1.52. The van der Waals surface area contributed by atoms with Gasteiger partial charge in [0, 0.05) is 34.7 Å². The second-order valence-electron chi connectivity index (χ2n) is 6.03. The van der Waals surface area contributed by atoms with Gasteiger partial charge >= 0.3 is 6.03 Å². The lowest BCUT2D eigenvalue weighted by atomic mass is 10.1. The number of nitrogens with zero attached hydrogens (tertiary/aromatic N) is 1. The minimum Gasteiger partial charge on any atom is -0.495 e. The number of carbonyl (C=O) groups is 1. The summed E-state index contributed by atoms with van der Waals surface area (Å²) in [6.07, 6.45) is 0. The number of benzene rings is 3. The average Bonchev–Trinajstić information content (AvgIpc) is 3.05. The predicted molar refractivity (Wildman–Crippen MR) is 106 cm³/mol. The molecule has 0 saturated carbocycles. The van der Waals surface area contributed by atoms with Crippen LogP contribution in [-0.4, -0.2) is 18.1 Å². The normalized spacial score (nSPS) is 10.8. The number of anilines is 2. The zero-order valence-corrected chi connectivity index (χ0v) is 14.8. The second kappa shape index (κ2) is 6.92.